The van der Waals surface area contributed by atoms with Gasteiger partial charge in [0.15, 0.2) is 11.5 Å². The summed E-state index contributed by atoms with van der Waals surface area (Å²) in [5, 5.41) is 8.40. The number of phosphoric acid groups is 1. The van der Waals surface area contributed by atoms with Crippen LogP contribution in [0.1, 0.15) is 29.0 Å². The maximum absolute atomic E-state index is 13.8. The van der Waals surface area contributed by atoms with E-state index in [9.17, 15) is 17.7 Å². The quantitative estimate of drug-likeness (QED) is 0.407. The highest BCUT2D eigenvalue weighted by Gasteiger charge is 2.35. The fourth-order valence-corrected chi connectivity index (χ4v) is 4.33. The average Bonchev–Trinajstić information content (AvgIpc) is 3.44. The third kappa shape index (κ3) is 5.86. The molecule has 2 aromatic carbocycles. The van der Waals surface area contributed by atoms with Crippen LogP contribution in [0, 0.1) is 0 Å². The van der Waals surface area contributed by atoms with E-state index in [1.54, 1.807) is 25.1 Å². The summed E-state index contributed by atoms with van der Waals surface area (Å²) in [6.07, 6.45) is -4.68. The minimum atomic E-state index is -4.68. The fourth-order valence-electron chi connectivity index (χ4n) is 3.03. The minimum Gasteiger partial charge on any atom is -0.488 e. The second-order valence-electron chi connectivity index (χ2n) is 7.32. The number of hydrogen-bond acceptors (Lipinski definition) is 8. The second-order valence-corrected chi connectivity index (χ2v) is 9.57. The molecule has 1 aliphatic heterocycles. The van der Waals surface area contributed by atoms with Crippen LogP contribution in [-0.4, -0.2) is 33.4 Å². The molecule has 9 nitrogen and oxygen atoms in total. The molecule has 14 heteroatoms. The van der Waals surface area contributed by atoms with Gasteiger partial charge >= 0.3 is 14.0 Å². The van der Waals surface area contributed by atoms with Gasteiger partial charge in [-0.2, -0.15) is 13.2 Å². The average molecular weight is 518 g/mol. The minimum absolute atomic E-state index is 0.0854. The molecule has 0 aliphatic carbocycles. The summed E-state index contributed by atoms with van der Waals surface area (Å²) >= 11 is 1.00. The molecule has 1 unspecified atom stereocenters. The lowest BCUT2D eigenvalue weighted by atomic mass is 10.1. The molecule has 0 amide bonds. The third-order valence-electron chi connectivity index (χ3n) is 4.72. The smallest absolute Gasteiger partial charge is 0.469 e. The number of benzene rings is 2. The third-order valence-corrected chi connectivity index (χ3v) is 6.41. The first-order valence-corrected chi connectivity index (χ1v) is 12.1. The fraction of sp³-hybridized carbons (Fsp3) is 0.300. The summed E-state index contributed by atoms with van der Waals surface area (Å²) in [7, 11) is -4.65. The van der Waals surface area contributed by atoms with Crippen molar-refractivity contribution in [2.75, 3.05) is 13.4 Å². The predicted octanol–water partition coefficient (Wildman–Crippen LogP) is 4.74. The van der Waals surface area contributed by atoms with Gasteiger partial charge in [-0.3, -0.25) is 4.52 Å². The normalized spacial score (nSPS) is 14.3. The van der Waals surface area contributed by atoms with E-state index in [-0.39, 0.29) is 36.3 Å². The SMILES string of the molecule is CC(COP(=O)(O)O)c1nnc(-c2ccc(OCc3ccc4c(c3)OCO4)c(C(F)(F)F)c2)s1. The van der Waals surface area contributed by atoms with Crippen molar-refractivity contribution < 1.29 is 46.3 Å². The number of phosphoric ester groups is 1. The number of hydrogen-bond donors (Lipinski definition) is 2. The van der Waals surface area contributed by atoms with Gasteiger partial charge in [0.1, 0.15) is 22.4 Å². The summed E-state index contributed by atoms with van der Waals surface area (Å²) < 4.78 is 72.5. The standard InChI is InChI=1S/C20H18F3N2O7PS/c1-11(8-32-33(26,27)28)18-24-25-19(34-18)13-3-5-15(14(7-13)20(21,22)23)29-9-12-2-4-16-17(6-12)31-10-30-16/h2-7,11H,8-10H2,1H3,(H2,26,27,28). The van der Waals surface area contributed by atoms with Crippen LogP contribution in [0.3, 0.4) is 0 Å². The number of aromatic nitrogens is 2. The molecule has 0 radical (unpaired) electrons. The summed E-state index contributed by atoms with van der Waals surface area (Å²) in [4.78, 5) is 17.6. The molecule has 4 rings (SSSR count). The monoisotopic (exact) mass is 518 g/mol. The van der Waals surface area contributed by atoms with Gasteiger partial charge < -0.3 is 24.0 Å². The van der Waals surface area contributed by atoms with Crippen LogP contribution in [0.25, 0.3) is 10.6 Å². The Hall–Kier alpha value is -2.70. The molecule has 2 N–H and O–H groups in total. The zero-order chi connectivity index (χ0) is 24.5. The van der Waals surface area contributed by atoms with E-state index in [4.69, 9.17) is 24.0 Å². The first kappa shape index (κ1) is 24.4. The summed E-state index contributed by atoms with van der Waals surface area (Å²) in [6, 6.07) is 8.56. The molecule has 0 spiro atoms. The Morgan fingerprint density at radius 1 is 1.15 bits per heavy atom. The van der Waals surface area contributed by atoms with Gasteiger partial charge in [0, 0.05) is 11.5 Å². The van der Waals surface area contributed by atoms with Gasteiger partial charge in [-0.25, -0.2) is 4.57 Å². The lowest BCUT2D eigenvalue weighted by molar-refractivity contribution is -0.139. The number of rotatable bonds is 8. The Balaban J connectivity index is 1.52. The van der Waals surface area contributed by atoms with Crippen molar-refractivity contribution in [1.82, 2.24) is 10.2 Å². The summed E-state index contributed by atoms with van der Waals surface area (Å²) in [5.74, 6) is 0.190. The van der Waals surface area contributed by atoms with E-state index < -0.39 is 25.5 Å². The van der Waals surface area contributed by atoms with Crippen molar-refractivity contribution in [3.63, 3.8) is 0 Å². The van der Waals surface area contributed by atoms with Crippen LogP contribution in [-0.2, 0) is 21.9 Å². The van der Waals surface area contributed by atoms with Crippen molar-refractivity contribution in [1.29, 1.82) is 0 Å². The molecular weight excluding hydrogens is 500 g/mol. The molecule has 0 bridgehead atoms. The summed E-state index contributed by atoms with van der Waals surface area (Å²) in [5.41, 5.74) is -0.184. The molecular formula is C20H18F3N2O7PS. The van der Waals surface area contributed by atoms with Crippen LogP contribution in [0.4, 0.5) is 13.2 Å². The van der Waals surface area contributed by atoms with Gasteiger partial charge in [0.2, 0.25) is 6.79 Å². The van der Waals surface area contributed by atoms with Gasteiger partial charge in [-0.05, 0) is 35.9 Å². The molecule has 0 fully saturated rings. The Kier molecular flexibility index (Phi) is 6.83. The highest BCUT2D eigenvalue weighted by Crippen LogP contribution is 2.41. The molecule has 1 aliphatic rings. The molecule has 1 atom stereocenters. The zero-order valence-corrected chi connectivity index (χ0v) is 19.2. The molecule has 182 valence electrons. The maximum atomic E-state index is 13.8. The Labute approximate surface area is 195 Å². The van der Waals surface area contributed by atoms with Crippen molar-refractivity contribution >= 4 is 19.2 Å². The molecule has 34 heavy (non-hydrogen) atoms. The second kappa shape index (κ2) is 9.51. The highest BCUT2D eigenvalue weighted by molar-refractivity contribution is 7.46. The molecule has 1 aromatic heterocycles. The lowest BCUT2D eigenvalue weighted by Crippen LogP contribution is -2.09. The zero-order valence-electron chi connectivity index (χ0n) is 17.5. The number of alkyl halides is 3. The van der Waals surface area contributed by atoms with E-state index in [2.05, 4.69) is 14.7 Å². The first-order valence-electron chi connectivity index (χ1n) is 9.76. The number of ether oxygens (including phenoxy) is 3. The van der Waals surface area contributed by atoms with Crippen LogP contribution in [0.5, 0.6) is 17.2 Å². The van der Waals surface area contributed by atoms with Crippen LogP contribution < -0.4 is 14.2 Å². The largest absolute Gasteiger partial charge is 0.488 e. The van der Waals surface area contributed by atoms with Crippen LogP contribution in [0.15, 0.2) is 36.4 Å². The summed E-state index contributed by atoms with van der Waals surface area (Å²) in [6.45, 7) is 1.26. The molecule has 0 saturated heterocycles. The predicted molar refractivity (Wildman–Crippen MR) is 114 cm³/mol. The van der Waals surface area contributed by atoms with Gasteiger partial charge in [-0.15, -0.1) is 10.2 Å². The molecule has 2 heterocycles. The Bertz CT molecular complexity index is 1230. The van der Waals surface area contributed by atoms with E-state index in [0.29, 0.717) is 22.1 Å². The lowest BCUT2D eigenvalue weighted by Gasteiger charge is -2.15. The highest BCUT2D eigenvalue weighted by atomic mass is 32.1. The molecule has 3 aromatic rings. The van der Waals surface area contributed by atoms with E-state index in [1.807, 2.05) is 0 Å². The topological polar surface area (TPSA) is 120 Å². The van der Waals surface area contributed by atoms with Crippen molar-refractivity contribution in [3.05, 3.63) is 52.5 Å². The van der Waals surface area contributed by atoms with E-state index in [1.165, 1.54) is 12.1 Å². The number of nitrogens with zero attached hydrogens (tertiary/aromatic N) is 2. The van der Waals surface area contributed by atoms with Gasteiger partial charge in [0.25, 0.3) is 0 Å². The number of halogens is 3. The van der Waals surface area contributed by atoms with E-state index >= 15 is 0 Å². The van der Waals surface area contributed by atoms with Crippen molar-refractivity contribution in [3.8, 4) is 27.8 Å². The first-order chi connectivity index (χ1) is 16.0. The van der Waals surface area contributed by atoms with Crippen LogP contribution in [0.2, 0.25) is 0 Å². The van der Waals surface area contributed by atoms with E-state index in [0.717, 1.165) is 17.4 Å². The maximum Gasteiger partial charge on any atom is 0.469 e. The van der Waals surface area contributed by atoms with Crippen molar-refractivity contribution in [2.45, 2.75) is 25.6 Å². The van der Waals surface area contributed by atoms with Gasteiger partial charge in [0.05, 0.1) is 12.2 Å². The Morgan fingerprint density at radius 3 is 2.65 bits per heavy atom. The Morgan fingerprint density at radius 2 is 1.91 bits per heavy atom. The van der Waals surface area contributed by atoms with Gasteiger partial charge in [-0.1, -0.05) is 24.3 Å². The molecule has 0 saturated carbocycles. The number of fused-ring (bicyclic) bond motifs is 1. The van der Waals surface area contributed by atoms with Crippen LogP contribution >= 0.6 is 19.2 Å². The van der Waals surface area contributed by atoms with Crippen molar-refractivity contribution in [2.24, 2.45) is 0 Å².